The van der Waals surface area contributed by atoms with Gasteiger partial charge in [-0.2, -0.15) is 0 Å². The third kappa shape index (κ3) is 4.17. The van der Waals surface area contributed by atoms with Gasteiger partial charge < -0.3 is 4.98 Å². The van der Waals surface area contributed by atoms with E-state index in [1.165, 1.54) is 12.4 Å². The monoisotopic (exact) mass is 609 g/mol. The van der Waals surface area contributed by atoms with E-state index in [4.69, 9.17) is 11.6 Å². The van der Waals surface area contributed by atoms with Crippen molar-refractivity contribution in [1.29, 1.82) is 0 Å². The summed E-state index contributed by atoms with van der Waals surface area (Å²) in [5.74, 6) is -6.26. The van der Waals surface area contributed by atoms with Gasteiger partial charge in [-0.3, -0.25) is 9.52 Å². The molecule has 4 aromatic rings. The number of nitrogens with zero attached hydrogens (tertiary/aromatic N) is 1. The predicted molar refractivity (Wildman–Crippen MR) is 121 cm³/mol. The van der Waals surface area contributed by atoms with Gasteiger partial charge in [-0.05, 0) is 52.9 Å². The summed E-state index contributed by atoms with van der Waals surface area (Å²) in [6, 6.07) is 3.06. The van der Waals surface area contributed by atoms with Crippen LogP contribution in [0.15, 0.2) is 47.6 Å². The molecule has 13 heteroatoms. The number of carbonyl (C=O) groups is 1. The Morgan fingerprint density at radius 3 is 2.52 bits per heavy atom. The van der Waals surface area contributed by atoms with Crippen molar-refractivity contribution >= 4 is 66.7 Å². The van der Waals surface area contributed by atoms with Crippen molar-refractivity contribution in [3.8, 4) is 0 Å². The van der Waals surface area contributed by atoms with Gasteiger partial charge in [-0.15, -0.1) is 0 Å². The van der Waals surface area contributed by atoms with Gasteiger partial charge in [-0.25, -0.2) is 31.0 Å². The number of aromatic nitrogens is 2. The number of hydrogen-bond acceptors (Lipinski definition) is 4. The van der Waals surface area contributed by atoms with Crippen LogP contribution in [-0.4, -0.2) is 24.2 Å². The third-order valence-corrected chi connectivity index (χ3v) is 7.69. The summed E-state index contributed by atoms with van der Waals surface area (Å²) in [7, 11) is -4.82. The molecule has 2 aromatic heterocycles. The number of anilines is 1. The SMILES string of the molecule is O=C(c1c(F)ccc(NS(=O)(=O)c2cc(F)ccc2F)c1F)c1c[nH]c2ncc(Cl)c(I)c12. The number of sulfonamides is 1. The average Bonchev–Trinajstić information content (AvgIpc) is 3.19. The minimum absolute atomic E-state index is 0.154. The Labute approximate surface area is 202 Å². The molecule has 0 unspecified atom stereocenters. The maximum Gasteiger partial charge on any atom is 0.265 e. The maximum atomic E-state index is 15.2. The number of pyridine rings is 1. The van der Waals surface area contributed by atoms with Crippen molar-refractivity contribution in [3.63, 3.8) is 0 Å². The van der Waals surface area contributed by atoms with Gasteiger partial charge in [0.15, 0.2) is 5.82 Å². The quantitative estimate of drug-likeness (QED) is 0.180. The van der Waals surface area contributed by atoms with Crippen molar-refractivity contribution in [2.24, 2.45) is 0 Å². The molecule has 4 rings (SSSR count). The van der Waals surface area contributed by atoms with Crippen molar-refractivity contribution in [1.82, 2.24) is 9.97 Å². The van der Waals surface area contributed by atoms with Crippen LogP contribution < -0.4 is 4.72 Å². The number of H-pyrrole nitrogens is 1. The van der Waals surface area contributed by atoms with Crippen molar-refractivity contribution in [2.45, 2.75) is 4.90 Å². The Bertz CT molecular complexity index is 1560. The fourth-order valence-electron chi connectivity index (χ4n) is 3.07. The number of rotatable bonds is 5. The van der Waals surface area contributed by atoms with Gasteiger partial charge in [0.25, 0.3) is 10.0 Å². The average molecular weight is 610 g/mol. The maximum absolute atomic E-state index is 15.2. The number of hydrogen-bond donors (Lipinski definition) is 2. The number of nitrogens with one attached hydrogen (secondary N) is 2. The van der Waals surface area contributed by atoms with Crippen molar-refractivity contribution < 1.29 is 30.8 Å². The van der Waals surface area contributed by atoms with Gasteiger partial charge in [0.2, 0.25) is 5.78 Å². The molecule has 2 aromatic carbocycles. The van der Waals surface area contributed by atoms with Gasteiger partial charge in [-0.1, -0.05) is 11.6 Å². The van der Waals surface area contributed by atoms with E-state index >= 15 is 4.39 Å². The lowest BCUT2D eigenvalue weighted by Gasteiger charge is -2.12. The van der Waals surface area contributed by atoms with Crippen LogP contribution in [0.25, 0.3) is 11.0 Å². The Kier molecular flexibility index (Phi) is 6.09. The molecule has 6 nitrogen and oxygen atoms in total. The molecular weight excluding hydrogens is 601 g/mol. The molecule has 0 amide bonds. The molecule has 0 aliphatic heterocycles. The molecule has 170 valence electrons. The Hall–Kier alpha value is -2.71. The first-order valence-corrected chi connectivity index (χ1v) is 11.8. The Morgan fingerprint density at radius 2 is 1.79 bits per heavy atom. The number of ketones is 1. The summed E-state index contributed by atoms with van der Waals surface area (Å²) >= 11 is 7.87. The third-order valence-electron chi connectivity index (χ3n) is 4.59. The van der Waals surface area contributed by atoms with E-state index in [1.807, 2.05) is 22.6 Å². The summed E-state index contributed by atoms with van der Waals surface area (Å²) in [5.41, 5.74) is -1.81. The minimum Gasteiger partial charge on any atom is -0.345 e. The number of benzene rings is 2. The summed E-state index contributed by atoms with van der Waals surface area (Å²) in [6.45, 7) is 0. The van der Waals surface area contributed by atoms with E-state index < -0.39 is 55.2 Å². The lowest BCUT2D eigenvalue weighted by molar-refractivity contribution is 0.103. The summed E-state index contributed by atoms with van der Waals surface area (Å²) < 4.78 is 84.1. The van der Waals surface area contributed by atoms with E-state index in [1.54, 1.807) is 4.72 Å². The van der Waals surface area contributed by atoms with Crippen LogP contribution in [0.2, 0.25) is 5.02 Å². The molecule has 0 bridgehead atoms. The molecule has 0 saturated carbocycles. The summed E-state index contributed by atoms with van der Waals surface area (Å²) in [5, 5.41) is 0.427. The lowest BCUT2D eigenvalue weighted by Crippen LogP contribution is -2.18. The second-order valence-corrected chi connectivity index (χ2v) is 9.78. The molecule has 0 fully saturated rings. The molecule has 2 heterocycles. The standard InChI is InChI=1S/C20H9ClF4IN3O3S/c21-10-7-28-20-15(18(10)26)9(6-27-20)19(30)16-12(24)3-4-13(17(16)25)29-33(31,32)14-5-8(22)1-2-11(14)23/h1-7,29H,(H,27,28). The van der Waals surface area contributed by atoms with E-state index in [0.717, 1.165) is 0 Å². The summed E-state index contributed by atoms with van der Waals surface area (Å²) in [6.07, 6.45) is 2.52. The highest BCUT2D eigenvalue weighted by Crippen LogP contribution is 2.32. The second-order valence-electron chi connectivity index (χ2n) is 6.64. The zero-order valence-electron chi connectivity index (χ0n) is 15.9. The fraction of sp³-hybridized carbons (Fsp3) is 0. The van der Waals surface area contributed by atoms with Gasteiger partial charge >= 0.3 is 0 Å². The highest BCUT2D eigenvalue weighted by atomic mass is 127. The summed E-state index contributed by atoms with van der Waals surface area (Å²) in [4.78, 5) is 18.7. The zero-order chi connectivity index (χ0) is 24.1. The molecule has 0 saturated heterocycles. The van der Waals surface area contributed by atoms with Crippen LogP contribution in [0, 0.1) is 26.8 Å². The first-order valence-electron chi connectivity index (χ1n) is 8.83. The van der Waals surface area contributed by atoms with Crippen LogP contribution in [0.4, 0.5) is 23.2 Å². The highest BCUT2D eigenvalue weighted by molar-refractivity contribution is 14.1. The highest BCUT2D eigenvalue weighted by Gasteiger charge is 2.28. The normalized spacial score (nSPS) is 11.7. The topological polar surface area (TPSA) is 91.9 Å². The molecular formula is C20H9ClF4IN3O3S. The van der Waals surface area contributed by atoms with Gasteiger partial charge in [0, 0.05) is 21.4 Å². The molecule has 0 radical (unpaired) electrons. The molecule has 2 N–H and O–H groups in total. The number of aromatic amines is 1. The molecule has 0 atom stereocenters. The number of carbonyl (C=O) groups excluding carboxylic acids is 1. The van der Waals surface area contributed by atoms with Crippen LogP contribution in [0.3, 0.4) is 0 Å². The van der Waals surface area contributed by atoms with E-state index in [2.05, 4.69) is 9.97 Å². The first-order chi connectivity index (χ1) is 15.5. The van der Waals surface area contributed by atoms with Crippen LogP contribution in [-0.2, 0) is 10.0 Å². The van der Waals surface area contributed by atoms with Crippen molar-refractivity contribution in [2.75, 3.05) is 4.72 Å². The molecule has 0 aliphatic rings. The van der Waals surface area contributed by atoms with E-state index in [9.17, 15) is 26.4 Å². The second kappa shape index (κ2) is 8.57. The Morgan fingerprint density at radius 1 is 1.09 bits per heavy atom. The largest absolute Gasteiger partial charge is 0.345 e. The Balaban J connectivity index is 1.81. The fourth-order valence-corrected chi connectivity index (χ4v) is 5.05. The number of halogens is 6. The molecule has 33 heavy (non-hydrogen) atoms. The lowest BCUT2D eigenvalue weighted by atomic mass is 10.0. The molecule has 0 aliphatic carbocycles. The van der Waals surface area contributed by atoms with E-state index in [-0.39, 0.29) is 21.6 Å². The zero-order valence-corrected chi connectivity index (χ0v) is 19.6. The number of fused-ring (bicyclic) bond motifs is 1. The van der Waals surface area contributed by atoms with Crippen LogP contribution in [0.5, 0.6) is 0 Å². The smallest absolute Gasteiger partial charge is 0.265 e. The minimum atomic E-state index is -4.82. The van der Waals surface area contributed by atoms with Gasteiger partial charge in [0.1, 0.15) is 28.0 Å². The van der Waals surface area contributed by atoms with E-state index in [0.29, 0.717) is 33.9 Å². The van der Waals surface area contributed by atoms with Crippen LogP contribution >= 0.6 is 34.2 Å². The molecule has 0 spiro atoms. The van der Waals surface area contributed by atoms with Crippen LogP contribution in [0.1, 0.15) is 15.9 Å². The first kappa shape index (κ1) is 23.4. The predicted octanol–water partition coefficient (Wildman–Crippen LogP) is 5.41. The van der Waals surface area contributed by atoms with Gasteiger partial charge in [0.05, 0.1) is 21.8 Å². The van der Waals surface area contributed by atoms with Crippen molar-refractivity contribution in [3.05, 3.63) is 85.7 Å².